The van der Waals surface area contributed by atoms with Gasteiger partial charge in [0.15, 0.2) is 5.96 Å². The highest BCUT2D eigenvalue weighted by molar-refractivity contribution is 8.00. The summed E-state index contributed by atoms with van der Waals surface area (Å²) in [6.07, 6.45) is 0.611. The Morgan fingerprint density at radius 2 is 1.00 bits per heavy atom. The number of benzene rings is 5. The summed E-state index contributed by atoms with van der Waals surface area (Å²) >= 11 is 0.844. The first-order valence-corrected chi connectivity index (χ1v) is 45.6. The van der Waals surface area contributed by atoms with Crippen molar-refractivity contribution in [3.05, 3.63) is 174 Å². The Hall–Kier alpha value is -13.6. The number of nitrogens with one attached hydrogen (secondary N) is 15. The minimum absolute atomic E-state index is 0.00505. The van der Waals surface area contributed by atoms with Gasteiger partial charge in [0.2, 0.25) is 88.6 Å². The zero-order chi connectivity index (χ0) is 96.4. The van der Waals surface area contributed by atoms with E-state index in [9.17, 15) is 57.8 Å². The van der Waals surface area contributed by atoms with E-state index in [2.05, 4.69) is 79.1 Å². The summed E-state index contributed by atoms with van der Waals surface area (Å²) in [4.78, 5) is 245. The molecule has 0 saturated carbocycles. The van der Waals surface area contributed by atoms with Gasteiger partial charge >= 0.3 is 5.97 Å². The third-order valence-corrected chi connectivity index (χ3v) is 23.7. The molecule has 714 valence electrons. The molecule has 15 amide bonds. The Labute approximate surface area is 775 Å². The lowest BCUT2D eigenvalue weighted by atomic mass is 9.98. The van der Waals surface area contributed by atoms with Crippen LogP contribution in [0, 0.1) is 23.2 Å². The number of rotatable bonds is 25. The Balaban J connectivity index is 1.10. The SMILES string of the molecule is CC(C)C[C@@H]1NC(=O)[C@H](Cc2ccccc2)NC(=O)[C@H](C(C)C)NC(=O)[C@@H]2CCCN2C(=O)[C@H](C(C)C)NC(=O)[C@@H](CCCNC(=N)N)NC(=O)[C@H](CC(=O)O)NC(=O)[C@H](Cc2cnc[nH]2)NC(=O)CN(C)C(=O)[C@H](Cc2ccc(-c3ccccc3)cc2)NC(=O)[C@H](Cc2ccc(-c3ccccc3)cc2)NC(=O)[C@H](CN2CCOCC2)NC(=O)CSC[C@@H](C(=O)NCC(N)=O)NC1=O. The van der Waals surface area contributed by atoms with E-state index in [1.54, 1.807) is 96.1 Å². The minimum Gasteiger partial charge on any atom is -0.481 e. The van der Waals surface area contributed by atoms with E-state index in [1.807, 2.05) is 89.8 Å². The normalized spacial score (nSPS) is 23.1. The number of ether oxygens (including phenoxy) is 1. The van der Waals surface area contributed by atoms with Crippen molar-refractivity contribution in [2.24, 2.45) is 29.2 Å². The van der Waals surface area contributed by atoms with Gasteiger partial charge in [-0.05, 0) is 88.8 Å². The second-order valence-electron chi connectivity index (χ2n) is 34.3. The first-order valence-electron chi connectivity index (χ1n) is 44.5. The molecule has 0 radical (unpaired) electrons. The van der Waals surface area contributed by atoms with Gasteiger partial charge in [0.1, 0.15) is 72.5 Å². The van der Waals surface area contributed by atoms with Crippen molar-refractivity contribution in [1.29, 1.82) is 5.41 Å². The van der Waals surface area contributed by atoms with Crippen molar-refractivity contribution in [1.82, 2.24) is 93.8 Å². The molecule has 3 aliphatic heterocycles. The lowest BCUT2D eigenvalue weighted by Gasteiger charge is -2.33. The first kappa shape index (κ1) is 103. The number of guanidine groups is 1. The Morgan fingerprint density at radius 1 is 0.519 bits per heavy atom. The number of hydrogen-bond acceptors (Lipinski definition) is 21. The summed E-state index contributed by atoms with van der Waals surface area (Å²) < 4.78 is 5.65. The van der Waals surface area contributed by atoms with E-state index in [0.29, 0.717) is 29.8 Å². The van der Waals surface area contributed by atoms with Crippen molar-refractivity contribution >= 4 is 112 Å². The summed E-state index contributed by atoms with van der Waals surface area (Å²) in [7, 11) is 1.26. The number of imidazole rings is 1. The van der Waals surface area contributed by atoms with Crippen molar-refractivity contribution in [3.8, 4) is 22.3 Å². The topological polar surface area (TPSA) is 573 Å². The van der Waals surface area contributed by atoms with Crippen molar-refractivity contribution in [2.75, 3.05) is 77.6 Å². The number of aliphatic carboxylic acids is 1. The van der Waals surface area contributed by atoms with Crippen LogP contribution in [0.4, 0.5) is 0 Å². The lowest BCUT2D eigenvalue weighted by molar-refractivity contribution is -0.144. The van der Waals surface area contributed by atoms with Gasteiger partial charge in [0, 0.05) is 83.1 Å². The van der Waals surface area contributed by atoms with E-state index in [0.717, 1.165) is 38.9 Å². The Kier molecular flexibility index (Phi) is 39.7. The molecule has 3 aliphatic rings. The average molecular weight is 1860 g/mol. The molecule has 5 aromatic carbocycles. The number of amides is 15. The molecule has 39 nitrogen and oxygen atoms in total. The van der Waals surface area contributed by atoms with Crippen LogP contribution in [-0.4, -0.2) is 280 Å². The number of H-pyrrole nitrogens is 1. The number of nitrogens with zero attached hydrogens (tertiary/aromatic N) is 4. The molecule has 0 bridgehead atoms. The van der Waals surface area contributed by atoms with Gasteiger partial charge < -0.3 is 105 Å². The number of carboxylic acids is 1. The highest BCUT2D eigenvalue weighted by Crippen LogP contribution is 2.26. The fourth-order valence-electron chi connectivity index (χ4n) is 15.5. The number of nitrogens with two attached hydrogens (primary N) is 2. The third kappa shape index (κ3) is 32.7. The number of morpholine rings is 1. The molecule has 9 rings (SSSR count). The molecule has 0 spiro atoms. The standard InChI is InChI=1S/C93H123N21O18S/c1-54(2)41-66-83(122)109-73(81(120)99-48-75(94)115)51-133-52-77(117)102-72(49-113-37-39-132-40-38-113)88(127)105-67(43-58-27-31-62(32-28-58)60-21-13-9-14-22-60)85(124)108-71(44-59-29-33-63(34-30-59)61-23-15-10-16-24-61)91(130)112(7)50-76(116)101-69(45-64-47-97-53-100-64)86(125)106-70(46-78(118)119)87(126)103-65(25-17-35-98-93(95)96)82(121)111-80(56(5)6)92(131)114-36-18-26-74(114)89(128)110-79(55(3)4)90(129)107-68(84(123)104-66)42-57-19-11-8-12-20-57/h8-16,19-24,27-34,47,53-56,65-74,79-80H,17-18,25-26,35-46,48-52H2,1-7H3,(H2,94,115)(H,97,100)(H,99,120)(H,101,116)(H,102,117)(H,103,126)(H,104,123)(H,105,127)(H,106,125)(H,107,129)(H,108,124)(H,109,122)(H,110,128)(H,111,121)(H,118,119)(H4,95,96,98)/t65-,66+,67+,68+,69+,70+,71+,72+,73+,74+,79+,80+/m1/s1. The average Bonchev–Trinajstić information content (AvgIpc) is 1.73. The monoisotopic (exact) mass is 1850 g/mol. The van der Waals surface area contributed by atoms with Crippen molar-refractivity contribution in [2.45, 2.75) is 178 Å². The number of primary amides is 1. The van der Waals surface area contributed by atoms with E-state index < -0.39 is 210 Å². The molecule has 3 fully saturated rings. The lowest BCUT2D eigenvalue weighted by Crippen LogP contribution is -2.62. The first-order chi connectivity index (χ1) is 63.5. The van der Waals surface area contributed by atoms with Crippen LogP contribution >= 0.6 is 11.8 Å². The van der Waals surface area contributed by atoms with E-state index >= 15 is 24.0 Å². The van der Waals surface area contributed by atoms with Crippen LogP contribution in [0.1, 0.15) is 102 Å². The van der Waals surface area contributed by atoms with Crippen LogP contribution in [0.15, 0.2) is 152 Å². The van der Waals surface area contributed by atoms with Gasteiger partial charge in [-0.2, -0.15) is 0 Å². The number of fused-ring (bicyclic) bond motifs is 1. The maximum Gasteiger partial charge on any atom is 0.305 e. The van der Waals surface area contributed by atoms with Gasteiger partial charge in [0.05, 0.1) is 44.8 Å². The molecular weight excluding hydrogens is 1730 g/mol. The second-order valence-corrected chi connectivity index (χ2v) is 35.4. The number of carbonyl (C=O) groups is 16. The number of carboxylic acid groups (broad SMARTS) is 1. The highest BCUT2D eigenvalue weighted by atomic mass is 32.2. The van der Waals surface area contributed by atoms with Crippen LogP contribution in [-0.2, 0) is 107 Å². The quantitative estimate of drug-likeness (QED) is 0.0196. The maximum absolute atomic E-state index is 15.7. The van der Waals surface area contributed by atoms with Gasteiger partial charge in [-0.1, -0.05) is 181 Å². The third-order valence-electron chi connectivity index (χ3n) is 22.6. The Morgan fingerprint density at radius 3 is 1.55 bits per heavy atom. The van der Waals surface area contributed by atoms with Crippen molar-refractivity contribution in [3.63, 3.8) is 0 Å². The number of likely N-dealkylation sites (N-methyl/N-ethyl adjacent to an activating group) is 1. The Bertz CT molecular complexity index is 4990. The molecular formula is C93H123N21O18S. The van der Waals surface area contributed by atoms with Crippen LogP contribution < -0.4 is 80.6 Å². The fourth-order valence-corrected chi connectivity index (χ4v) is 16.4. The number of carbonyl (C=O) groups excluding carboxylic acids is 15. The van der Waals surface area contributed by atoms with Crippen LogP contribution in [0.5, 0.6) is 0 Å². The molecule has 133 heavy (non-hydrogen) atoms. The maximum atomic E-state index is 15.7. The summed E-state index contributed by atoms with van der Waals surface area (Å²) in [5.74, 6) is -18.3. The van der Waals surface area contributed by atoms with Gasteiger partial charge in [-0.25, -0.2) is 4.98 Å². The summed E-state index contributed by atoms with van der Waals surface area (Å²) in [5, 5.41) is 53.0. The predicted octanol–water partition coefficient (Wildman–Crippen LogP) is -0.427. The molecule has 12 atom stereocenters. The van der Waals surface area contributed by atoms with Gasteiger partial charge in [-0.15, -0.1) is 11.8 Å². The number of hydrogen-bond donors (Lipinski definition) is 18. The van der Waals surface area contributed by atoms with Gasteiger partial charge in [-0.3, -0.25) is 87.0 Å². The number of thioether (sulfide) groups is 1. The number of aromatic nitrogens is 2. The zero-order valence-corrected chi connectivity index (χ0v) is 76.5. The molecule has 0 unspecified atom stereocenters. The summed E-state index contributed by atoms with van der Waals surface area (Å²) in [5.41, 5.74) is 16.3. The molecule has 4 heterocycles. The van der Waals surface area contributed by atoms with E-state index in [4.69, 9.17) is 21.6 Å². The fraction of sp³-hybridized carbons (Fsp3) is 0.462. The molecule has 1 aromatic heterocycles. The van der Waals surface area contributed by atoms with Crippen molar-refractivity contribution < 1.29 is 86.6 Å². The largest absolute Gasteiger partial charge is 0.481 e. The highest BCUT2D eigenvalue weighted by Gasteiger charge is 2.43. The van der Waals surface area contributed by atoms with E-state index in [-0.39, 0.29) is 108 Å². The molecule has 6 aromatic rings. The predicted molar refractivity (Wildman–Crippen MR) is 495 cm³/mol. The van der Waals surface area contributed by atoms with Crippen LogP contribution in [0.2, 0.25) is 0 Å². The summed E-state index contributed by atoms with van der Waals surface area (Å²) in [6.45, 7) is 9.52. The van der Waals surface area contributed by atoms with Crippen LogP contribution in [0.25, 0.3) is 22.3 Å². The van der Waals surface area contributed by atoms with Crippen LogP contribution in [0.3, 0.4) is 0 Å². The molecule has 3 saturated heterocycles. The molecule has 40 heteroatoms. The summed E-state index contributed by atoms with van der Waals surface area (Å²) in [6, 6.07) is 23.5. The van der Waals surface area contributed by atoms with Gasteiger partial charge in [0.25, 0.3) is 0 Å². The molecule has 0 aliphatic carbocycles. The van der Waals surface area contributed by atoms with E-state index in [1.165, 1.54) is 24.5 Å². The molecule has 20 N–H and O–H groups in total. The second kappa shape index (κ2) is 51.3. The number of aromatic amines is 1. The minimum atomic E-state index is -1.99. The smallest absolute Gasteiger partial charge is 0.305 e. The zero-order valence-electron chi connectivity index (χ0n) is 75.7.